The van der Waals surface area contributed by atoms with Crippen LogP contribution in [0.4, 0.5) is 0 Å². The van der Waals surface area contributed by atoms with Crippen molar-refractivity contribution in [2.75, 3.05) is 6.61 Å². The molecule has 0 saturated carbocycles. The quantitative estimate of drug-likeness (QED) is 0.300. The summed E-state index contributed by atoms with van der Waals surface area (Å²) in [5.74, 6) is 0.0516. The van der Waals surface area contributed by atoms with E-state index in [1.165, 1.54) is 4.90 Å². The zero-order valence-electron chi connectivity index (χ0n) is 21.8. The lowest BCUT2D eigenvalue weighted by atomic mass is 10.0. The Bertz CT molecular complexity index is 1200. The van der Waals surface area contributed by atoms with E-state index < -0.39 is 6.04 Å². The summed E-state index contributed by atoms with van der Waals surface area (Å²) in [5, 5.41) is 3.91. The number of aryl methyl sites for hydroxylation is 2. The lowest BCUT2D eigenvalue weighted by Crippen LogP contribution is -2.53. The van der Waals surface area contributed by atoms with Crippen molar-refractivity contribution in [3.8, 4) is 5.75 Å². The average molecular weight is 542 g/mol. The second-order valence-electron chi connectivity index (χ2n) is 9.30. The van der Waals surface area contributed by atoms with E-state index in [1.807, 2.05) is 76.2 Å². The van der Waals surface area contributed by atoms with Crippen molar-refractivity contribution < 1.29 is 14.3 Å². The molecule has 3 aromatic carbocycles. The SMILES string of the molecule is CC[C@H](C)NC(=O)[C@@H](Cc1ccccc1)N(Cc1c(Cl)cccc1Cl)C(=O)COc1ccc(C)cc1C. The molecule has 0 unspecified atom stereocenters. The van der Waals surface area contributed by atoms with Crippen LogP contribution in [0.1, 0.15) is 42.5 Å². The summed E-state index contributed by atoms with van der Waals surface area (Å²) in [6.07, 6.45) is 1.10. The van der Waals surface area contributed by atoms with Gasteiger partial charge in [0, 0.05) is 34.6 Å². The van der Waals surface area contributed by atoms with Crippen LogP contribution in [0.5, 0.6) is 5.75 Å². The maximum Gasteiger partial charge on any atom is 0.261 e. The number of carbonyl (C=O) groups is 2. The molecule has 0 heterocycles. The fraction of sp³-hybridized carbons (Fsp3) is 0.333. The number of nitrogens with zero attached hydrogens (tertiary/aromatic N) is 1. The van der Waals surface area contributed by atoms with Crippen molar-refractivity contribution in [1.29, 1.82) is 0 Å². The maximum atomic E-state index is 13.7. The molecule has 37 heavy (non-hydrogen) atoms. The van der Waals surface area contributed by atoms with Gasteiger partial charge in [0.25, 0.3) is 5.91 Å². The fourth-order valence-corrected chi connectivity index (χ4v) is 4.55. The van der Waals surface area contributed by atoms with Crippen LogP contribution < -0.4 is 10.1 Å². The lowest BCUT2D eigenvalue weighted by molar-refractivity contribution is -0.143. The number of ether oxygens (including phenoxy) is 1. The van der Waals surface area contributed by atoms with Gasteiger partial charge in [-0.1, -0.05) is 84.2 Å². The maximum absolute atomic E-state index is 13.7. The molecule has 1 N–H and O–H groups in total. The number of benzene rings is 3. The van der Waals surface area contributed by atoms with E-state index in [1.54, 1.807) is 18.2 Å². The van der Waals surface area contributed by atoms with Gasteiger partial charge >= 0.3 is 0 Å². The van der Waals surface area contributed by atoms with Crippen molar-refractivity contribution in [2.24, 2.45) is 0 Å². The standard InChI is InChI=1S/C30H34Cl2N2O3/c1-5-22(4)33-30(36)27(17-23-10-7-6-8-11-23)34(18-24-25(31)12-9-13-26(24)32)29(35)19-37-28-15-14-20(2)16-21(28)3/h6-16,22,27H,5,17-19H2,1-4H3,(H,33,36)/t22-,27+/m0/s1. The third-order valence-corrected chi connectivity index (χ3v) is 7.05. The molecule has 7 heteroatoms. The predicted molar refractivity (Wildman–Crippen MR) is 150 cm³/mol. The van der Waals surface area contributed by atoms with E-state index in [2.05, 4.69) is 5.32 Å². The van der Waals surface area contributed by atoms with Crippen LogP contribution in [0.3, 0.4) is 0 Å². The highest BCUT2D eigenvalue weighted by atomic mass is 35.5. The number of nitrogens with one attached hydrogen (secondary N) is 1. The van der Waals surface area contributed by atoms with Crippen LogP contribution in [0, 0.1) is 13.8 Å². The molecule has 0 aromatic heterocycles. The van der Waals surface area contributed by atoms with Crippen LogP contribution in [-0.2, 0) is 22.6 Å². The minimum Gasteiger partial charge on any atom is -0.483 e. The van der Waals surface area contributed by atoms with Gasteiger partial charge in [-0.25, -0.2) is 0 Å². The Kier molecular flexibility index (Phi) is 10.4. The minimum absolute atomic E-state index is 0.0434. The van der Waals surface area contributed by atoms with E-state index in [4.69, 9.17) is 27.9 Å². The van der Waals surface area contributed by atoms with Gasteiger partial charge in [0.05, 0.1) is 0 Å². The predicted octanol–water partition coefficient (Wildman–Crippen LogP) is 6.54. The highest BCUT2D eigenvalue weighted by Gasteiger charge is 2.32. The number of hydrogen-bond acceptors (Lipinski definition) is 3. The number of hydrogen-bond donors (Lipinski definition) is 1. The molecule has 2 atom stereocenters. The van der Waals surface area contributed by atoms with Gasteiger partial charge in [-0.3, -0.25) is 9.59 Å². The highest BCUT2D eigenvalue weighted by molar-refractivity contribution is 6.36. The van der Waals surface area contributed by atoms with Gasteiger partial charge < -0.3 is 15.0 Å². The first-order valence-corrected chi connectivity index (χ1v) is 13.2. The molecular weight excluding hydrogens is 507 g/mol. The highest BCUT2D eigenvalue weighted by Crippen LogP contribution is 2.27. The molecule has 5 nitrogen and oxygen atoms in total. The normalized spacial score (nSPS) is 12.5. The van der Waals surface area contributed by atoms with Crippen LogP contribution >= 0.6 is 23.2 Å². The second-order valence-corrected chi connectivity index (χ2v) is 10.1. The summed E-state index contributed by atoms with van der Waals surface area (Å²) in [4.78, 5) is 28.9. The van der Waals surface area contributed by atoms with E-state index in [0.717, 1.165) is 23.1 Å². The van der Waals surface area contributed by atoms with Gasteiger partial charge in [-0.15, -0.1) is 0 Å². The molecule has 0 bridgehead atoms. The number of rotatable bonds is 11. The number of carbonyl (C=O) groups excluding carboxylic acids is 2. The molecule has 0 aliphatic heterocycles. The Morgan fingerprint density at radius 3 is 2.27 bits per heavy atom. The van der Waals surface area contributed by atoms with Crippen LogP contribution in [0.15, 0.2) is 66.7 Å². The first-order valence-electron chi connectivity index (χ1n) is 12.5. The van der Waals surface area contributed by atoms with Gasteiger partial charge in [-0.2, -0.15) is 0 Å². The van der Waals surface area contributed by atoms with E-state index in [-0.39, 0.29) is 31.0 Å². The molecule has 0 spiro atoms. The fourth-order valence-electron chi connectivity index (χ4n) is 4.03. The molecule has 3 aromatic rings. The summed E-state index contributed by atoms with van der Waals surface area (Å²) in [7, 11) is 0. The van der Waals surface area contributed by atoms with Crippen molar-refractivity contribution in [3.63, 3.8) is 0 Å². The van der Waals surface area contributed by atoms with Gasteiger partial charge in [-0.05, 0) is 56.5 Å². The third-order valence-electron chi connectivity index (χ3n) is 6.34. The molecule has 0 radical (unpaired) electrons. The average Bonchev–Trinajstić information content (AvgIpc) is 2.87. The topological polar surface area (TPSA) is 58.6 Å². The van der Waals surface area contributed by atoms with Gasteiger partial charge in [0.1, 0.15) is 11.8 Å². The number of halogens is 2. The second kappa shape index (κ2) is 13.5. The van der Waals surface area contributed by atoms with E-state index in [9.17, 15) is 9.59 Å². The van der Waals surface area contributed by atoms with Gasteiger partial charge in [0.2, 0.25) is 5.91 Å². The molecule has 2 amide bonds. The summed E-state index contributed by atoms with van der Waals surface area (Å²) in [6.45, 7) is 7.72. The molecule has 0 saturated heterocycles. The molecule has 0 aliphatic rings. The largest absolute Gasteiger partial charge is 0.483 e. The number of amides is 2. The molecule has 3 rings (SSSR count). The Hall–Kier alpha value is -3.02. The monoisotopic (exact) mass is 540 g/mol. The Morgan fingerprint density at radius 2 is 1.65 bits per heavy atom. The zero-order valence-corrected chi connectivity index (χ0v) is 23.3. The van der Waals surface area contributed by atoms with Crippen molar-refractivity contribution in [2.45, 2.75) is 59.2 Å². The van der Waals surface area contributed by atoms with Gasteiger partial charge in [0.15, 0.2) is 6.61 Å². The zero-order chi connectivity index (χ0) is 26.9. The Labute approximate surface area is 229 Å². The van der Waals surface area contributed by atoms with Crippen LogP contribution in [0.25, 0.3) is 0 Å². The van der Waals surface area contributed by atoms with Crippen LogP contribution in [-0.4, -0.2) is 35.4 Å². The molecule has 0 aliphatic carbocycles. The Balaban J connectivity index is 1.97. The smallest absolute Gasteiger partial charge is 0.261 e. The lowest BCUT2D eigenvalue weighted by Gasteiger charge is -2.32. The van der Waals surface area contributed by atoms with Crippen molar-refractivity contribution in [1.82, 2.24) is 10.2 Å². The van der Waals surface area contributed by atoms with Crippen molar-refractivity contribution >= 4 is 35.0 Å². The first-order chi connectivity index (χ1) is 17.7. The summed E-state index contributed by atoms with van der Waals surface area (Å²) < 4.78 is 5.93. The molecule has 196 valence electrons. The summed E-state index contributed by atoms with van der Waals surface area (Å²) >= 11 is 13.0. The van der Waals surface area contributed by atoms with Crippen molar-refractivity contribution in [3.05, 3.63) is 99.0 Å². The third kappa shape index (κ3) is 7.98. The summed E-state index contributed by atoms with van der Waals surface area (Å²) in [5.41, 5.74) is 3.56. The molecular formula is C30H34Cl2N2O3. The minimum atomic E-state index is -0.793. The molecule has 0 fully saturated rings. The van der Waals surface area contributed by atoms with Crippen LogP contribution in [0.2, 0.25) is 10.0 Å². The Morgan fingerprint density at radius 1 is 0.973 bits per heavy atom. The van der Waals surface area contributed by atoms with E-state index in [0.29, 0.717) is 27.8 Å². The van der Waals surface area contributed by atoms with E-state index >= 15 is 0 Å². The summed E-state index contributed by atoms with van der Waals surface area (Å²) in [6, 6.07) is 19.8. The first kappa shape index (κ1) is 28.5.